The normalized spacial score (nSPS) is 11.8. The van der Waals surface area contributed by atoms with Gasteiger partial charge in [0, 0.05) is 24.2 Å². The Morgan fingerprint density at radius 1 is 1.25 bits per heavy atom. The van der Waals surface area contributed by atoms with Gasteiger partial charge in [-0.25, -0.2) is 4.79 Å². The van der Waals surface area contributed by atoms with Gasteiger partial charge in [0.15, 0.2) is 0 Å². The number of carbonyl (C=O) groups is 2. The molecule has 0 bridgehead atoms. The van der Waals surface area contributed by atoms with Crippen molar-refractivity contribution in [3.05, 3.63) is 23.8 Å². The van der Waals surface area contributed by atoms with Gasteiger partial charge in [-0.1, -0.05) is 13.0 Å². The summed E-state index contributed by atoms with van der Waals surface area (Å²) >= 11 is 0. The molecule has 1 aromatic rings. The summed E-state index contributed by atoms with van der Waals surface area (Å²) in [6.07, 6.45) is 0.804. The number of methoxy groups -OCH3 is 2. The molecule has 1 atom stereocenters. The second kappa shape index (κ2) is 9.77. The summed E-state index contributed by atoms with van der Waals surface area (Å²) in [6, 6.07) is 5.08. The van der Waals surface area contributed by atoms with Crippen LogP contribution in [0.4, 0.5) is 4.79 Å². The molecule has 2 N–H and O–H groups in total. The molecule has 0 unspecified atom stereocenters. The maximum atomic E-state index is 11.9. The number of hydrogen-bond donors (Lipinski definition) is 2. The summed E-state index contributed by atoms with van der Waals surface area (Å²) in [4.78, 5) is 25.4. The summed E-state index contributed by atoms with van der Waals surface area (Å²) < 4.78 is 10.5. The molecule has 0 radical (unpaired) electrons. The largest absolute Gasteiger partial charge is 0.497 e. The van der Waals surface area contributed by atoms with Crippen molar-refractivity contribution in [2.45, 2.75) is 32.9 Å². The molecule has 1 aromatic carbocycles. The molecule has 0 aliphatic carbocycles. The van der Waals surface area contributed by atoms with Crippen LogP contribution in [0.2, 0.25) is 0 Å². The zero-order valence-electron chi connectivity index (χ0n) is 15.0. The second-order valence-corrected chi connectivity index (χ2v) is 5.68. The molecule has 0 aliphatic rings. The number of benzene rings is 1. The minimum atomic E-state index is -0.468. The Bertz CT molecular complexity index is 563. The summed E-state index contributed by atoms with van der Waals surface area (Å²) in [5, 5.41) is 5.02. The van der Waals surface area contributed by atoms with Crippen molar-refractivity contribution < 1.29 is 19.1 Å². The Hall–Kier alpha value is -2.28. The van der Waals surface area contributed by atoms with Gasteiger partial charge in [-0.3, -0.25) is 15.0 Å². The van der Waals surface area contributed by atoms with Gasteiger partial charge in [0.05, 0.1) is 20.8 Å². The van der Waals surface area contributed by atoms with Crippen molar-refractivity contribution in [1.82, 2.24) is 15.5 Å². The molecule has 134 valence electrons. The Balaban J connectivity index is 2.55. The number of likely N-dealkylation sites (N-methyl/N-ethyl adjacent to an activating group) is 1. The van der Waals surface area contributed by atoms with Crippen LogP contribution in [-0.2, 0) is 11.3 Å². The molecule has 24 heavy (non-hydrogen) atoms. The molecular formula is C17H27N3O4. The van der Waals surface area contributed by atoms with E-state index in [2.05, 4.69) is 10.6 Å². The molecule has 1 rings (SSSR count). The minimum Gasteiger partial charge on any atom is -0.497 e. The van der Waals surface area contributed by atoms with Gasteiger partial charge in [-0.2, -0.15) is 0 Å². The SMILES string of the molecule is CC[C@H](C)NC(=O)NC(=O)CN(C)Cc1ccc(OC)cc1OC. The van der Waals surface area contributed by atoms with E-state index in [1.807, 2.05) is 26.0 Å². The van der Waals surface area contributed by atoms with Crippen LogP contribution in [-0.4, -0.2) is 50.7 Å². The standard InChI is InChI=1S/C17H27N3O4/c1-6-12(2)18-17(22)19-16(21)11-20(3)10-13-7-8-14(23-4)9-15(13)24-5/h7-9,12H,6,10-11H2,1-5H3,(H2,18,19,21,22)/t12-/m0/s1. The third kappa shape index (κ3) is 6.45. The Morgan fingerprint density at radius 2 is 1.96 bits per heavy atom. The highest BCUT2D eigenvalue weighted by molar-refractivity contribution is 5.95. The number of nitrogens with one attached hydrogen (secondary N) is 2. The van der Waals surface area contributed by atoms with E-state index < -0.39 is 6.03 Å². The van der Waals surface area contributed by atoms with Crippen LogP contribution < -0.4 is 20.1 Å². The van der Waals surface area contributed by atoms with E-state index in [4.69, 9.17) is 9.47 Å². The van der Waals surface area contributed by atoms with Crippen molar-refractivity contribution >= 4 is 11.9 Å². The van der Waals surface area contributed by atoms with Gasteiger partial charge in [0.1, 0.15) is 11.5 Å². The molecule has 0 aliphatic heterocycles. The van der Waals surface area contributed by atoms with Crippen LogP contribution in [0.15, 0.2) is 18.2 Å². The number of hydrogen-bond acceptors (Lipinski definition) is 5. The highest BCUT2D eigenvalue weighted by Gasteiger charge is 2.14. The number of ether oxygens (including phenoxy) is 2. The first kappa shape index (κ1) is 19.8. The highest BCUT2D eigenvalue weighted by atomic mass is 16.5. The molecular weight excluding hydrogens is 310 g/mol. The smallest absolute Gasteiger partial charge is 0.321 e. The lowest BCUT2D eigenvalue weighted by atomic mass is 10.2. The Kier molecular flexibility index (Phi) is 8.05. The topological polar surface area (TPSA) is 79.9 Å². The number of rotatable bonds is 8. The Morgan fingerprint density at radius 3 is 2.54 bits per heavy atom. The predicted octanol–water partition coefficient (Wildman–Crippen LogP) is 1.76. The van der Waals surface area contributed by atoms with Gasteiger partial charge in [-0.15, -0.1) is 0 Å². The minimum absolute atomic E-state index is 0.0269. The van der Waals surface area contributed by atoms with Crippen molar-refractivity contribution in [1.29, 1.82) is 0 Å². The van der Waals surface area contributed by atoms with Gasteiger partial charge in [0.2, 0.25) is 5.91 Å². The van der Waals surface area contributed by atoms with E-state index in [1.54, 1.807) is 32.2 Å². The van der Waals surface area contributed by atoms with Crippen LogP contribution in [0.5, 0.6) is 11.5 Å². The zero-order chi connectivity index (χ0) is 18.1. The summed E-state index contributed by atoms with van der Waals surface area (Å²) in [6.45, 7) is 4.45. The van der Waals surface area contributed by atoms with E-state index in [9.17, 15) is 9.59 Å². The van der Waals surface area contributed by atoms with E-state index in [0.29, 0.717) is 18.0 Å². The van der Waals surface area contributed by atoms with Crippen molar-refractivity contribution in [2.75, 3.05) is 27.8 Å². The second-order valence-electron chi connectivity index (χ2n) is 5.68. The summed E-state index contributed by atoms with van der Waals surface area (Å²) in [5.41, 5.74) is 0.928. The fourth-order valence-electron chi connectivity index (χ4n) is 2.10. The number of nitrogens with zero attached hydrogens (tertiary/aromatic N) is 1. The van der Waals surface area contributed by atoms with Crippen LogP contribution in [0.1, 0.15) is 25.8 Å². The lowest BCUT2D eigenvalue weighted by molar-refractivity contribution is -0.121. The van der Waals surface area contributed by atoms with E-state index >= 15 is 0 Å². The maximum Gasteiger partial charge on any atom is 0.321 e. The number of amides is 3. The van der Waals surface area contributed by atoms with Gasteiger partial charge >= 0.3 is 6.03 Å². The average molecular weight is 337 g/mol. The first-order chi connectivity index (χ1) is 11.4. The monoisotopic (exact) mass is 337 g/mol. The van der Waals surface area contributed by atoms with Crippen molar-refractivity contribution in [2.24, 2.45) is 0 Å². The van der Waals surface area contributed by atoms with Crippen LogP contribution >= 0.6 is 0 Å². The lowest BCUT2D eigenvalue weighted by Crippen LogP contribution is -2.46. The third-order valence-corrected chi connectivity index (χ3v) is 3.59. The zero-order valence-corrected chi connectivity index (χ0v) is 15.0. The highest BCUT2D eigenvalue weighted by Crippen LogP contribution is 2.25. The molecule has 0 saturated heterocycles. The molecule has 0 saturated carbocycles. The molecule has 0 spiro atoms. The van der Waals surface area contributed by atoms with Crippen LogP contribution in [0, 0.1) is 0 Å². The van der Waals surface area contributed by atoms with E-state index in [0.717, 1.165) is 12.0 Å². The average Bonchev–Trinajstić information content (AvgIpc) is 2.54. The molecule has 0 fully saturated rings. The van der Waals surface area contributed by atoms with Gasteiger partial charge in [-0.05, 0) is 26.5 Å². The quantitative estimate of drug-likeness (QED) is 0.756. The Labute approximate surface area is 143 Å². The van der Waals surface area contributed by atoms with Gasteiger partial charge in [0.25, 0.3) is 0 Å². The number of urea groups is 1. The van der Waals surface area contributed by atoms with Gasteiger partial charge < -0.3 is 14.8 Å². The third-order valence-electron chi connectivity index (χ3n) is 3.59. The first-order valence-corrected chi connectivity index (χ1v) is 7.89. The molecule has 3 amide bonds. The molecule has 7 heteroatoms. The summed E-state index contributed by atoms with van der Waals surface area (Å²) in [7, 11) is 4.98. The van der Waals surface area contributed by atoms with E-state index in [1.165, 1.54) is 0 Å². The lowest BCUT2D eigenvalue weighted by Gasteiger charge is -2.19. The first-order valence-electron chi connectivity index (χ1n) is 7.89. The molecule has 7 nitrogen and oxygen atoms in total. The number of imide groups is 1. The van der Waals surface area contributed by atoms with Crippen LogP contribution in [0.25, 0.3) is 0 Å². The fraction of sp³-hybridized carbons (Fsp3) is 0.529. The van der Waals surface area contributed by atoms with E-state index in [-0.39, 0.29) is 18.5 Å². The summed E-state index contributed by atoms with van der Waals surface area (Å²) in [5.74, 6) is 1.04. The van der Waals surface area contributed by atoms with Crippen molar-refractivity contribution in [3.63, 3.8) is 0 Å². The van der Waals surface area contributed by atoms with Crippen molar-refractivity contribution in [3.8, 4) is 11.5 Å². The van der Waals surface area contributed by atoms with Crippen LogP contribution in [0.3, 0.4) is 0 Å². The molecule has 0 heterocycles. The molecule has 0 aromatic heterocycles. The fourth-order valence-corrected chi connectivity index (χ4v) is 2.10. The maximum absolute atomic E-state index is 11.9. The predicted molar refractivity (Wildman–Crippen MR) is 92.3 cm³/mol. The number of carbonyl (C=O) groups excluding carboxylic acids is 2.